The van der Waals surface area contributed by atoms with Crippen LogP contribution in [-0.4, -0.2) is 0 Å². The van der Waals surface area contributed by atoms with Crippen LogP contribution in [0.3, 0.4) is 0 Å². The molecule has 0 amide bonds. The van der Waals surface area contributed by atoms with Crippen LogP contribution in [0.4, 0.5) is 0 Å². The molecule has 2 aromatic carbocycles. The van der Waals surface area contributed by atoms with E-state index in [0.717, 1.165) is 21.9 Å². The molecule has 0 fully saturated rings. The van der Waals surface area contributed by atoms with E-state index in [1.165, 1.54) is 5.56 Å². The first-order chi connectivity index (χ1) is 8.15. The molecule has 0 N–H and O–H groups in total. The van der Waals surface area contributed by atoms with Crippen molar-refractivity contribution in [3.8, 4) is 5.75 Å². The average Bonchev–Trinajstić information content (AvgIpc) is 2.30. The summed E-state index contributed by atoms with van der Waals surface area (Å²) in [6.45, 7) is 4.66. The second-order valence-electron chi connectivity index (χ2n) is 4.19. The zero-order chi connectivity index (χ0) is 12.3. The lowest BCUT2D eigenvalue weighted by atomic mass is 10.1. The van der Waals surface area contributed by atoms with Gasteiger partial charge in [0.1, 0.15) is 12.4 Å². The SMILES string of the molecule is Cc1ccc(C)c(OCc2cccc(Cl)c2)c1. The summed E-state index contributed by atoms with van der Waals surface area (Å²) < 4.78 is 5.80. The molecule has 17 heavy (non-hydrogen) atoms. The van der Waals surface area contributed by atoms with Crippen molar-refractivity contribution in [1.29, 1.82) is 0 Å². The minimum Gasteiger partial charge on any atom is -0.489 e. The molecule has 0 aliphatic carbocycles. The molecule has 0 aliphatic heterocycles. The largest absolute Gasteiger partial charge is 0.489 e. The maximum Gasteiger partial charge on any atom is 0.122 e. The van der Waals surface area contributed by atoms with Crippen molar-refractivity contribution in [2.45, 2.75) is 20.5 Å². The van der Waals surface area contributed by atoms with Crippen molar-refractivity contribution >= 4 is 11.6 Å². The van der Waals surface area contributed by atoms with E-state index in [9.17, 15) is 0 Å². The first-order valence-electron chi connectivity index (χ1n) is 5.59. The summed E-state index contributed by atoms with van der Waals surface area (Å²) in [7, 11) is 0. The Labute approximate surface area is 107 Å². The molecular formula is C15H15ClO. The van der Waals surface area contributed by atoms with Gasteiger partial charge in [-0.25, -0.2) is 0 Å². The van der Waals surface area contributed by atoms with Crippen molar-refractivity contribution < 1.29 is 4.74 Å². The molecule has 2 aromatic rings. The Hall–Kier alpha value is -1.47. The highest BCUT2D eigenvalue weighted by Gasteiger charge is 2.01. The van der Waals surface area contributed by atoms with E-state index in [0.29, 0.717) is 6.61 Å². The maximum absolute atomic E-state index is 5.93. The van der Waals surface area contributed by atoms with Crippen molar-refractivity contribution in [2.24, 2.45) is 0 Å². The van der Waals surface area contributed by atoms with Gasteiger partial charge in [0.15, 0.2) is 0 Å². The van der Waals surface area contributed by atoms with E-state index >= 15 is 0 Å². The second-order valence-corrected chi connectivity index (χ2v) is 4.62. The third-order valence-electron chi connectivity index (χ3n) is 2.63. The van der Waals surface area contributed by atoms with Gasteiger partial charge in [-0.1, -0.05) is 35.9 Å². The maximum atomic E-state index is 5.93. The molecule has 0 aromatic heterocycles. The molecule has 2 rings (SSSR count). The Balaban J connectivity index is 2.09. The van der Waals surface area contributed by atoms with Gasteiger partial charge in [0.2, 0.25) is 0 Å². The average molecular weight is 247 g/mol. The highest BCUT2D eigenvalue weighted by molar-refractivity contribution is 6.30. The Morgan fingerprint density at radius 1 is 1.06 bits per heavy atom. The van der Waals surface area contributed by atoms with Crippen LogP contribution in [0.1, 0.15) is 16.7 Å². The lowest BCUT2D eigenvalue weighted by molar-refractivity contribution is 0.304. The zero-order valence-electron chi connectivity index (χ0n) is 10.0. The molecule has 0 bridgehead atoms. The van der Waals surface area contributed by atoms with Gasteiger partial charge in [0.05, 0.1) is 0 Å². The van der Waals surface area contributed by atoms with Gasteiger partial charge in [-0.05, 0) is 48.7 Å². The molecule has 0 radical (unpaired) electrons. The fourth-order valence-electron chi connectivity index (χ4n) is 1.65. The minimum absolute atomic E-state index is 0.546. The zero-order valence-corrected chi connectivity index (χ0v) is 10.8. The first kappa shape index (κ1) is 12.0. The Morgan fingerprint density at radius 3 is 2.65 bits per heavy atom. The van der Waals surface area contributed by atoms with Gasteiger partial charge in [0, 0.05) is 5.02 Å². The molecule has 0 unspecified atom stereocenters. The monoisotopic (exact) mass is 246 g/mol. The van der Waals surface area contributed by atoms with Crippen LogP contribution in [0, 0.1) is 13.8 Å². The van der Waals surface area contributed by atoms with E-state index < -0.39 is 0 Å². The van der Waals surface area contributed by atoms with Crippen LogP contribution in [0.15, 0.2) is 42.5 Å². The molecular weight excluding hydrogens is 232 g/mol. The first-order valence-corrected chi connectivity index (χ1v) is 5.97. The predicted octanol–water partition coefficient (Wildman–Crippen LogP) is 4.54. The molecule has 0 aliphatic rings. The van der Waals surface area contributed by atoms with Gasteiger partial charge in [0.25, 0.3) is 0 Å². The Morgan fingerprint density at radius 2 is 1.88 bits per heavy atom. The van der Waals surface area contributed by atoms with Crippen LogP contribution in [-0.2, 0) is 6.61 Å². The second kappa shape index (κ2) is 5.24. The number of benzene rings is 2. The summed E-state index contributed by atoms with van der Waals surface area (Å²) in [6.07, 6.45) is 0. The Bertz CT molecular complexity index is 520. The predicted molar refractivity (Wildman–Crippen MR) is 71.7 cm³/mol. The normalized spacial score (nSPS) is 10.3. The van der Waals surface area contributed by atoms with Gasteiger partial charge in [-0.2, -0.15) is 0 Å². The number of aryl methyl sites for hydroxylation is 2. The van der Waals surface area contributed by atoms with Crippen LogP contribution in [0.5, 0.6) is 5.75 Å². The number of hydrogen-bond donors (Lipinski definition) is 0. The fraction of sp³-hybridized carbons (Fsp3) is 0.200. The van der Waals surface area contributed by atoms with Crippen molar-refractivity contribution in [1.82, 2.24) is 0 Å². The van der Waals surface area contributed by atoms with Crippen LogP contribution < -0.4 is 4.74 Å². The van der Waals surface area contributed by atoms with Gasteiger partial charge in [-0.15, -0.1) is 0 Å². The van der Waals surface area contributed by atoms with Crippen molar-refractivity contribution in [3.05, 3.63) is 64.2 Å². The summed E-state index contributed by atoms with van der Waals surface area (Å²) >= 11 is 5.93. The van der Waals surface area contributed by atoms with Gasteiger partial charge >= 0.3 is 0 Å². The standard InChI is InChI=1S/C15H15ClO/c1-11-6-7-12(2)15(8-11)17-10-13-4-3-5-14(16)9-13/h3-9H,10H2,1-2H3. The van der Waals surface area contributed by atoms with E-state index in [1.807, 2.05) is 31.2 Å². The number of halogens is 1. The minimum atomic E-state index is 0.546. The topological polar surface area (TPSA) is 9.23 Å². The summed E-state index contributed by atoms with van der Waals surface area (Å²) in [5.74, 6) is 0.935. The van der Waals surface area contributed by atoms with Crippen LogP contribution in [0.2, 0.25) is 5.02 Å². The molecule has 0 atom stereocenters. The summed E-state index contributed by atoms with van der Waals surface area (Å²) in [6, 6.07) is 13.9. The number of rotatable bonds is 3. The van der Waals surface area contributed by atoms with E-state index in [-0.39, 0.29) is 0 Å². The quantitative estimate of drug-likeness (QED) is 0.773. The lowest BCUT2D eigenvalue weighted by Crippen LogP contribution is -1.97. The van der Waals surface area contributed by atoms with Gasteiger partial charge < -0.3 is 4.74 Å². The lowest BCUT2D eigenvalue weighted by Gasteiger charge is -2.10. The highest BCUT2D eigenvalue weighted by atomic mass is 35.5. The van der Waals surface area contributed by atoms with E-state index in [2.05, 4.69) is 25.1 Å². The third kappa shape index (κ3) is 3.24. The molecule has 0 saturated heterocycles. The summed E-state index contributed by atoms with van der Waals surface area (Å²) in [4.78, 5) is 0. The molecule has 0 heterocycles. The Kier molecular flexibility index (Phi) is 3.70. The smallest absolute Gasteiger partial charge is 0.122 e. The van der Waals surface area contributed by atoms with Crippen molar-refractivity contribution in [3.63, 3.8) is 0 Å². The van der Waals surface area contributed by atoms with E-state index in [1.54, 1.807) is 0 Å². The van der Waals surface area contributed by atoms with E-state index in [4.69, 9.17) is 16.3 Å². The van der Waals surface area contributed by atoms with Crippen molar-refractivity contribution in [2.75, 3.05) is 0 Å². The molecule has 1 nitrogen and oxygen atoms in total. The van der Waals surface area contributed by atoms with Crippen LogP contribution >= 0.6 is 11.6 Å². The fourth-order valence-corrected chi connectivity index (χ4v) is 1.86. The van der Waals surface area contributed by atoms with Gasteiger partial charge in [-0.3, -0.25) is 0 Å². The summed E-state index contributed by atoms with van der Waals surface area (Å²) in [5, 5.41) is 0.743. The third-order valence-corrected chi connectivity index (χ3v) is 2.86. The molecule has 0 saturated carbocycles. The summed E-state index contributed by atoms with van der Waals surface area (Å²) in [5.41, 5.74) is 3.44. The molecule has 88 valence electrons. The molecule has 0 spiro atoms. The number of ether oxygens (including phenoxy) is 1. The number of hydrogen-bond acceptors (Lipinski definition) is 1. The van der Waals surface area contributed by atoms with Crippen LogP contribution in [0.25, 0.3) is 0 Å². The molecule has 2 heteroatoms. The highest BCUT2D eigenvalue weighted by Crippen LogP contribution is 2.21.